The molecule has 2 fully saturated rings. The van der Waals surface area contributed by atoms with E-state index >= 15 is 0 Å². The Kier molecular flexibility index (Phi) is 3.90. The van der Waals surface area contributed by atoms with Gasteiger partial charge in [0.15, 0.2) is 0 Å². The molecule has 3 N–H and O–H groups in total. The van der Waals surface area contributed by atoms with Gasteiger partial charge in [0.25, 0.3) is 0 Å². The molecule has 102 valence electrons. The molecule has 0 bridgehead atoms. The van der Waals surface area contributed by atoms with Crippen LogP contribution in [0.2, 0.25) is 0 Å². The van der Waals surface area contributed by atoms with Crippen molar-refractivity contribution >= 4 is 11.9 Å². The van der Waals surface area contributed by atoms with Crippen LogP contribution in [0.15, 0.2) is 0 Å². The summed E-state index contributed by atoms with van der Waals surface area (Å²) in [4.78, 5) is 23.1. The van der Waals surface area contributed by atoms with E-state index in [4.69, 9.17) is 5.11 Å². The van der Waals surface area contributed by atoms with Gasteiger partial charge in [0, 0.05) is 11.5 Å². The van der Waals surface area contributed by atoms with Crippen LogP contribution in [0.5, 0.6) is 0 Å². The van der Waals surface area contributed by atoms with E-state index in [2.05, 4.69) is 10.6 Å². The molecule has 2 rings (SSSR count). The van der Waals surface area contributed by atoms with Gasteiger partial charge in [-0.1, -0.05) is 6.92 Å². The van der Waals surface area contributed by atoms with Crippen molar-refractivity contribution in [2.24, 2.45) is 11.3 Å². The molecule has 0 aromatic rings. The average Bonchev–Trinajstić information content (AvgIpc) is 2.78. The molecule has 1 aliphatic heterocycles. The van der Waals surface area contributed by atoms with Crippen LogP contribution >= 0.6 is 0 Å². The van der Waals surface area contributed by atoms with Crippen molar-refractivity contribution in [3.05, 3.63) is 0 Å². The predicted molar refractivity (Wildman–Crippen MR) is 67.1 cm³/mol. The molecule has 0 spiro atoms. The summed E-state index contributed by atoms with van der Waals surface area (Å²) in [6, 6.07) is 0.0466. The lowest BCUT2D eigenvalue weighted by Crippen LogP contribution is -2.48. The van der Waals surface area contributed by atoms with Gasteiger partial charge in [0.2, 0.25) is 5.91 Å². The number of hydrogen-bond acceptors (Lipinski definition) is 3. The summed E-state index contributed by atoms with van der Waals surface area (Å²) in [6.45, 7) is 3.77. The molecule has 5 heteroatoms. The van der Waals surface area contributed by atoms with Crippen molar-refractivity contribution in [1.82, 2.24) is 10.6 Å². The highest BCUT2D eigenvalue weighted by molar-refractivity contribution is 5.82. The van der Waals surface area contributed by atoms with E-state index in [0.717, 1.165) is 32.4 Å². The fourth-order valence-electron chi connectivity index (χ4n) is 2.90. The third-order valence-corrected chi connectivity index (χ3v) is 4.37. The zero-order valence-electron chi connectivity index (χ0n) is 10.9. The lowest BCUT2D eigenvalue weighted by atomic mass is 9.80. The van der Waals surface area contributed by atoms with Gasteiger partial charge in [0.05, 0.1) is 5.92 Å². The van der Waals surface area contributed by atoms with Gasteiger partial charge in [-0.3, -0.25) is 9.59 Å². The Morgan fingerprint density at radius 3 is 2.50 bits per heavy atom. The van der Waals surface area contributed by atoms with Crippen LogP contribution in [0.3, 0.4) is 0 Å². The van der Waals surface area contributed by atoms with Crippen LogP contribution in [0.4, 0.5) is 0 Å². The maximum atomic E-state index is 12.3. The molecular weight excluding hydrogens is 232 g/mol. The van der Waals surface area contributed by atoms with Crippen molar-refractivity contribution < 1.29 is 14.7 Å². The van der Waals surface area contributed by atoms with Crippen molar-refractivity contribution in [2.75, 3.05) is 13.1 Å². The maximum absolute atomic E-state index is 12.3. The van der Waals surface area contributed by atoms with Gasteiger partial charge in [-0.15, -0.1) is 0 Å². The Hall–Kier alpha value is -1.10. The smallest absolute Gasteiger partial charge is 0.306 e. The number of amides is 1. The molecule has 2 aliphatic rings. The minimum Gasteiger partial charge on any atom is -0.481 e. The number of nitrogens with one attached hydrogen (secondary N) is 2. The van der Waals surface area contributed by atoms with Crippen LogP contribution in [-0.4, -0.2) is 36.1 Å². The predicted octanol–water partition coefficient (Wildman–Crippen LogP) is 0.746. The fraction of sp³-hybridized carbons (Fsp3) is 0.846. The Labute approximate surface area is 107 Å². The summed E-state index contributed by atoms with van der Waals surface area (Å²) in [5, 5.41) is 15.2. The van der Waals surface area contributed by atoms with E-state index in [9.17, 15) is 9.59 Å². The second-order valence-electron chi connectivity index (χ2n) is 5.83. The van der Waals surface area contributed by atoms with Gasteiger partial charge in [-0.05, 0) is 45.2 Å². The first-order valence-electron chi connectivity index (χ1n) is 6.76. The van der Waals surface area contributed by atoms with Crippen LogP contribution in [-0.2, 0) is 9.59 Å². The molecule has 18 heavy (non-hydrogen) atoms. The topological polar surface area (TPSA) is 78.4 Å². The third-order valence-electron chi connectivity index (χ3n) is 4.37. The highest BCUT2D eigenvalue weighted by Crippen LogP contribution is 2.30. The van der Waals surface area contributed by atoms with Gasteiger partial charge in [-0.25, -0.2) is 0 Å². The Bertz CT molecular complexity index is 337. The van der Waals surface area contributed by atoms with E-state index in [0.29, 0.717) is 12.8 Å². The molecule has 5 nitrogen and oxygen atoms in total. The number of carbonyl (C=O) groups excluding carboxylic acids is 1. The minimum atomic E-state index is -0.736. The number of piperidine rings is 1. The summed E-state index contributed by atoms with van der Waals surface area (Å²) >= 11 is 0. The zero-order chi connectivity index (χ0) is 13.2. The molecule has 0 aromatic heterocycles. The maximum Gasteiger partial charge on any atom is 0.306 e. The normalized spacial score (nSPS) is 30.9. The highest BCUT2D eigenvalue weighted by Gasteiger charge is 2.37. The Balaban J connectivity index is 1.86. The highest BCUT2D eigenvalue weighted by atomic mass is 16.4. The largest absolute Gasteiger partial charge is 0.481 e. The number of hydrogen-bond donors (Lipinski definition) is 3. The van der Waals surface area contributed by atoms with Crippen molar-refractivity contribution in [3.63, 3.8) is 0 Å². The molecule has 1 amide bonds. The monoisotopic (exact) mass is 254 g/mol. The average molecular weight is 254 g/mol. The Morgan fingerprint density at radius 1 is 1.28 bits per heavy atom. The summed E-state index contributed by atoms with van der Waals surface area (Å²) in [6.07, 6.45) is 3.76. The minimum absolute atomic E-state index is 0.0466. The van der Waals surface area contributed by atoms with E-state index in [1.54, 1.807) is 0 Å². The van der Waals surface area contributed by atoms with Gasteiger partial charge in [0.1, 0.15) is 0 Å². The third kappa shape index (κ3) is 2.83. The van der Waals surface area contributed by atoms with Crippen LogP contribution in [0, 0.1) is 11.3 Å². The molecule has 1 aliphatic carbocycles. The number of rotatable bonds is 3. The van der Waals surface area contributed by atoms with Gasteiger partial charge in [-0.2, -0.15) is 0 Å². The molecule has 0 aromatic carbocycles. The first kappa shape index (κ1) is 13.3. The van der Waals surface area contributed by atoms with Crippen LogP contribution in [0.1, 0.15) is 39.0 Å². The van der Waals surface area contributed by atoms with E-state index in [1.165, 1.54) is 0 Å². The summed E-state index contributed by atoms with van der Waals surface area (Å²) < 4.78 is 0. The Morgan fingerprint density at radius 2 is 1.94 bits per heavy atom. The van der Waals surface area contributed by atoms with Crippen molar-refractivity contribution in [3.8, 4) is 0 Å². The van der Waals surface area contributed by atoms with E-state index in [-0.39, 0.29) is 23.3 Å². The van der Waals surface area contributed by atoms with Crippen molar-refractivity contribution in [1.29, 1.82) is 0 Å². The van der Waals surface area contributed by atoms with Gasteiger partial charge < -0.3 is 15.7 Å². The van der Waals surface area contributed by atoms with Crippen molar-refractivity contribution in [2.45, 2.75) is 45.1 Å². The fourth-order valence-corrected chi connectivity index (χ4v) is 2.90. The molecule has 2 atom stereocenters. The molecule has 2 unspecified atom stereocenters. The lowest BCUT2D eigenvalue weighted by molar-refractivity contribution is -0.141. The van der Waals surface area contributed by atoms with E-state index in [1.807, 2.05) is 6.92 Å². The lowest BCUT2D eigenvalue weighted by Gasteiger charge is -2.33. The standard InChI is InChI=1S/C13H22N2O3/c1-13(4-6-14-7-5-13)12(18)15-10-3-2-9(8-10)11(16)17/h9-10,14H,2-8H2,1H3,(H,15,18)(H,16,17). The van der Waals surface area contributed by atoms with Gasteiger partial charge >= 0.3 is 5.97 Å². The number of carbonyl (C=O) groups is 2. The molecular formula is C13H22N2O3. The quantitative estimate of drug-likeness (QED) is 0.694. The van der Waals surface area contributed by atoms with E-state index < -0.39 is 5.97 Å². The molecule has 1 heterocycles. The number of carboxylic acids is 1. The molecule has 0 radical (unpaired) electrons. The van der Waals surface area contributed by atoms with Crippen LogP contribution in [0.25, 0.3) is 0 Å². The molecule has 1 saturated carbocycles. The summed E-state index contributed by atoms with van der Waals surface area (Å²) in [5.74, 6) is -0.920. The zero-order valence-corrected chi connectivity index (χ0v) is 10.9. The van der Waals surface area contributed by atoms with Crippen LogP contribution < -0.4 is 10.6 Å². The second-order valence-corrected chi connectivity index (χ2v) is 5.83. The molecule has 1 saturated heterocycles. The first-order chi connectivity index (χ1) is 8.51. The number of carboxylic acid groups (broad SMARTS) is 1. The first-order valence-corrected chi connectivity index (χ1v) is 6.76. The second kappa shape index (κ2) is 5.26. The SMILES string of the molecule is CC1(C(=O)NC2CCC(C(=O)O)C2)CCNCC1. The number of aliphatic carboxylic acids is 1. The summed E-state index contributed by atoms with van der Waals surface area (Å²) in [7, 11) is 0. The summed E-state index contributed by atoms with van der Waals surface area (Å²) in [5.41, 5.74) is -0.285.